The van der Waals surface area contributed by atoms with Gasteiger partial charge in [0.05, 0.1) is 48.5 Å². The maximum atomic E-state index is 16.3. The van der Waals surface area contributed by atoms with Gasteiger partial charge in [0.15, 0.2) is 11.9 Å². The van der Waals surface area contributed by atoms with Crippen LogP contribution in [-0.4, -0.2) is 106 Å². The van der Waals surface area contributed by atoms with E-state index in [2.05, 4.69) is 56.3 Å². The van der Waals surface area contributed by atoms with Crippen LogP contribution >= 0.6 is 0 Å². The Labute approximate surface area is 404 Å². The van der Waals surface area contributed by atoms with E-state index in [9.17, 15) is 20.1 Å². The average molecular weight is 949 g/mol. The number of aliphatic hydroxyl groups is 3. The fraction of sp³-hybridized carbons (Fsp3) is 0.804. The molecule has 7 aliphatic carbocycles. The van der Waals surface area contributed by atoms with Gasteiger partial charge in [-0.2, -0.15) is 0 Å². The van der Waals surface area contributed by atoms with E-state index in [1.54, 1.807) is 6.26 Å². The summed E-state index contributed by atoms with van der Waals surface area (Å²) >= 11 is 0. The number of aliphatic hydroxyl groups excluding tert-OH is 3. The summed E-state index contributed by atoms with van der Waals surface area (Å²) in [4.78, 5) is 48.6. The second kappa shape index (κ2) is 13.7. The molecule has 13 heteroatoms. The van der Waals surface area contributed by atoms with Crippen LogP contribution in [0.25, 0.3) is 0 Å². The van der Waals surface area contributed by atoms with Crippen molar-refractivity contribution in [2.45, 2.75) is 158 Å². The molecule has 13 nitrogen and oxygen atoms in total. The predicted molar refractivity (Wildman–Crippen MR) is 246 cm³/mol. The van der Waals surface area contributed by atoms with Gasteiger partial charge in [0.1, 0.15) is 35.8 Å². The Hall–Kier alpha value is -3.07. The summed E-state index contributed by atoms with van der Waals surface area (Å²) in [5, 5.41) is 39.3. The lowest BCUT2D eigenvalue weighted by Gasteiger charge is -2.70. The van der Waals surface area contributed by atoms with Crippen LogP contribution in [0.2, 0.25) is 0 Å². The first-order chi connectivity index (χ1) is 33.2. The number of Topliss-reactive ketones (excluding diaryl/α,β-unsaturated/α-hetero) is 1. The monoisotopic (exact) mass is 949 g/mol. The van der Waals surface area contributed by atoms with Crippen LogP contribution in [0.15, 0.2) is 40.7 Å². The molecule has 7 saturated carbocycles. The topological polar surface area (TPSA) is 181 Å². The Bertz CT molecular complexity index is 2500. The first-order valence-corrected chi connectivity index (χ1v) is 27.3. The number of hydrogen-bond donors (Lipinski definition) is 4. The zero-order valence-corrected chi connectivity index (χ0v) is 40.8. The lowest BCUT2D eigenvalue weighted by molar-refractivity contribution is -0.281. The minimum atomic E-state index is -1.47. The van der Waals surface area contributed by atoms with Crippen LogP contribution in [0.3, 0.4) is 0 Å². The number of hydrogen-bond acceptors (Lipinski definition) is 13. The largest absolute Gasteiger partial charge is 0.469 e. The molecule has 5 bridgehead atoms. The van der Waals surface area contributed by atoms with Crippen molar-refractivity contribution >= 4 is 17.7 Å². The third-order valence-electron chi connectivity index (χ3n) is 24.3. The number of allylic oxidation sites excluding steroid dienone is 1. The van der Waals surface area contributed by atoms with Gasteiger partial charge in [0.2, 0.25) is 0 Å². The summed E-state index contributed by atoms with van der Waals surface area (Å²) < 4.78 is 35.1. The summed E-state index contributed by atoms with van der Waals surface area (Å²) in [7, 11) is 0. The number of rotatable bonds is 7. The van der Waals surface area contributed by atoms with Gasteiger partial charge >= 0.3 is 11.9 Å². The Morgan fingerprint density at radius 1 is 1.00 bits per heavy atom. The molecule has 14 aliphatic rings. The zero-order valence-electron chi connectivity index (χ0n) is 40.8. The van der Waals surface area contributed by atoms with Gasteiger partial charge in [-0.1, -0.05) is 52.7 Å². The first kappa shape index (κ1) is 43.5. The third-order valence-corrected chi connectivity index (χ3v) is 24.3. The number of furan rings is 1. The van der Waals surface area contributed by atoms with E-state index in [-0.39, 0.29) is 66.4 Å². The highest BCUT2D eigenvalue weighted by Crippen LogP contribution is 2.89. The molecule has 5 saturated heterocycles. The number of epoxide rings is 1. The van der Waals surface area contributed by atoms with Gasteiger partial charge < -0.3 is 43.6 Å². The van der Waals surface area contributed by atoms with Crippen molar-refractivity contribution in [3.05, 3.63) is 47.6 Å². The van der Waals surface area contributed by atoms with Gasteiger partial charge in [-0.3, -0.25) is 14.9 Å². The van der Waals surface area contributed by atoms with Gasteiger partial charge in [-0.25, -0.2) is 4.79 Å². The second-order valence-electron chi connectivity index (χ2n) is 26.4. The highest BCUT2D eigenvalue weighted by atomic mass is 16.7. The molecule has 69 heavy (non-hydrogen) atoms. The molecule has 1 aromatic rings. The van der Waals surface area contributed by atoms with E-state index in [0.717, 1.165) is 83.0 Å². The van der Waals surface area contributed by atoms with E-state index >= 15 is 9.59 Å². The maximum Gasteiger partial charge on any atom is 0.339 e. The van der Waals surface area contributed by atoms with Gasteiger partial charge in [-0.15, -0.1) is 0 Å². The molecule has 4 N–H and O–H groups in total. The van der Waals surface area contributed by atoms with Crippen LogP contribution in [0.5, 0.6) is 0 Å². The number of nitrogens with one attached hydrogen (secondary N) is 1. The molecule has 8 heterocycles. The summed E-state index contributed by atoms with van der Waals surface area (Å²) in [6.07, 6.45) is 15.5. The van der Waals surface area contributed by atoms with Crippen LogP contribution in [0.1, 0.15) is 122 Å². The average Bonchev–Trinajstić information content (AvgIpc) is 3.62. The molecular formula is C56H72N2O11. The number of carbonyl (C=O) groups excluding carboxylic acids is 3. The highest BCUT2D eigenvalue weighted by Gasteiger charge is 2.97. The molecular weight excluding hydrogens is 877 g/mol. The highest BCUT2D eigenvalue weighted by molar-refractivity contribution is 5.94. The van der Waals surface area contributed by atoms with E-state index in [0.29, 0.717) is 48.8 Å². The Morgan fingerprint density at radius 2 is 1.84 bits per heavy atom. The Morgan fingerprint density at radius 3 is 2.67 bits per heavy atom. The quantitative estimate of drug-likeness (QED) is 0.147. The molecule has 15 rings (SSSR count). The second-order valence-corrected chi connectivity index (χ2v) is 26.4. The predicted octanol–water partition coefficient (Wildman–Crippen LogP) is 5.80. The molecule has 12 fully saturated rings. The summed E-state index contributed by atoms with van der Waals surface area (Å²) in [5.74, 6) is -0.399. The van der Waals surface area contributed by atoms with Crippen LogP contribution in [0.4, 0.5) is 0 Å². The summed E-state index contributed by atoms with van der Waals surface area (Å²) in [6, 6.07) is 2.38. The molecule has 0 aromatic carbocycles. The Kier molecular flexibility index (Phi) is 8.67. The normalized spacial score (nSPS) is 55.0. The zero-order chi connectivity index (χ0) is 47.2. The molecule has 0 radical (unpaired) electrons. The van der Waals surface area contributed by atoms with Crippen LogP contribution in [-0.2, 0) is 39.8 Å². The number of ether oxygens (including phenoxy) is 4. The van der Waals surface area contributed by atoms with Crippen LogP contribution < -0.4 is 5.32 Å². The molecule has 372 valence electrons. The third kappa shape index (κ3) is 4.66. The number of fused-ring (bicyclic) bond motifs is 3. The van der Waals surface area contributed by atoms with Gasteiger partial charge in [0.25, 0.3) is 0 Å². The van der Waals surface area contributed by atoms with E-state index in [1.807, 2.05) is 6.07 Å². The van der Waals surface area contributed by atoms with Crippen molar-refractivity contribution in [3.63, 3.8) is 0 Å². The fourth-order valence-electron chi connectivity index (χ4n) is 22.4. The van der Waals surface area contributed by atoms with Crippen molar-refractivity contribution in [1.29, 1.82) is 0 Å². The smallest absolute Gasteiger partial charge is 0.339 e. The van der Waals surface area contributed by atoms with Crippen LogP contribution in [0, 0.1) is 92.7 Å². The van der Waals surface area contributed by atoms with Crippen molar-refractivity contribution in [3.8, 4) is 0 Å². The molecule has 1 aromatic heterocycles. The van der Waals surface area contributed by atoms with E-state index < -0.39 is 80.7 Å². The summed E-state index contributed by atoms with van der Waals surface area (Å²) in [6.45, 7) is 10.4. The minimum absolute atomic E-state index is 0.0230. The van der Waals surface area contributed by atoms with Gasteiger partial charge in [-0.05, 0) is 141 Å². The maximum absolute atomic E-state index is 16.3. The van der Waals surface area contributed by atoms with Crippen molar-refractivity contribution in [2.75, 3.05) is 26.4 Å². The lowest BCUT2D eigenvalue weighted by atomic mass is 9.32. The first-order valence-electron chi connectivity index (χ1n) is 27.3. The number of nitrogens with zero attached hydrogens (tertiary/aromatic N) is 1. The summed E-state index contributed by atoms with van der Waals surface area (Å²) in [5.41, 5.74) is -4.91. The molecule has 5 spiro atoms. The van der Waals surface area contributed by atoms with Crippen molar-refractivity contribution < 1.29 is 53.1 Å². The Balaban J connectivity index is 0.871. The molecule has 23 atom stereocenters. The van der Waals surface area contributed by atoms with Crippen molar-refractivity contribution in [1.82, 2.24) is 10.2 Å². The standard InChI is InChI=1S/C56H72N2O11/c1-27(2)33-8-6-14-54-37(33)19-32-18-31-7-5-13-52(31)22-30-21-50(3)46(35-12-16-65-40(35)20-36(39(60)24-59)28-9-10-34-29(17-28)11-15-58-26-57-23-38(34)58)67-49(64)47-56(50,68-47)51(4)42(30)53(43(54)41(61)45(51)62)25-66-48(63)44(52)55(32,53)69-54/h11-12,15-16,19,27-31,33-34,36-39,42-47,57,59-60,62H,5-10,13-14,17-18,20-26H2,1-4H3. The number of esters is 2. The fourth-order valence-corrected chi connectivity index (χ4v) is 22.4. The number of ketones is 1. The van der Waals surface area contributed by atoms with Crippen molar-refractivity contribution in [2.24, 2.45) is 92.7 Å². The van der Waals surface area contributed by atoms with Gasteiger partial charge in [0, 0.05) is 41.3 Å². The van der Waals surface area contributed by atoms with E-state index in [4.69, 9.17) is 23.4 Å². The molecule has 23 unspecified atom stereocenters. The lowest BCUT2D eigenvalue weighted by Crippen LogP contribution is -2.80. The molecule has 0 amide bonds. The minimum Gasteiger partial charge on any atom is -0.469 e. The number of carbonyl (C=O) groups is 3. The SMILES string of the molecule is CC(C)C1CCCC23OC45C(=CC12)CC1CCCC12CC1CC6(C)C(c7ccoc7CC(C(O)CO)C7CCC8C(C=CN9CNCC89)C7)OC(=O)C7OC76C6(C)C(O)C(=O)C3C4(COC(=O)C25)C16. The van der Waals surface area contributed by atoms with E-state index in [1.165, 1.54) is 5.57 Å². The molecule has 7 aliphatic heterocycles. The number of cyclic esters (lactones) is 2.